The fraction of sp³-hybridized carbons (Fsp3) is 0.472. The van der Waals surface area contributed by atoms with E-state index in [9.17, 15) is 48.3 Å². The lowest BCUT2D eigenvalue weighted by Gasteiger charge is -2.69. The van der Waals surface area contributed by atoms with Crippen LogP contribution in [0.15, 0.2) is 97.2 Å². The molecule has 6 aromatic rings. The molecule has 2 aliphatic heterocycles. The van der Waals surface area contributed by atoms with Crippen LogP contribution in [0, 0.1) is 29.1 Å². The van der Waals surface area contributed by atoms with Crippen LogP contribution in [0.25, 0.3) is 32.6 Å². The average Bonchev–Trinajstić information content (AvgIpc) is 0.723. The van der Waals surface area contributed by atoms with Crippen LogP contribution in [0.2, 0.25) is 0 Å². The molecule has 98 heavy (non-hydrogen) atoms. The van der Waals surface area contributed by atoms with E-state index in [1.807, 2.05) is 60.1 Å². The lowest BCUT2D eigenvalue weighted by Crippen LogP contribution is -2.64. The zero-order valence-corrected chi connectivity index (χ0v) is 57.2. The third kappa shape index (κ3) is 16.2. The number of urea groups is 2. The normalized spacial score (nSPS) is 21.2. The highest BCUT2D eigenvalue weighted by Crippen LogP contribution is 2.72. The van der Waals surface area contributed by atoms with Crippen LogP contribution in [-0.2, 0) is 53.0 Å². The number of primary amides is 1. The molecule has 0 saturated heterocycles. The monoisotopic (exact) mass is 1360 g/mol. The maximum Gasteiger partial charge on any atom is 0.409 e. The smallest absolute Gasteiger partial charge is 0.409 e. The van der Waals surface area contributed by atoms with E-state index >= 15 is 0 Å². The number of benzene rings is 3. The molecule has 3 aromatic carbocycles. The van der Waals surface area contributed by atoms with E-state index in [-0.39, 0.29) is 90.7 Å². The van der Waals surface area contributed by atoms with Gasteiger partial charge in [0.25, 0.3) is 11.8 Å². The van der Waals surface area contributed by atoms with Crippen molar-refractivity contribution in [2.24, 2.45) is 27.9 Å². The van der Waals surface area contributed by atoms with E-state index in [1.165, 1.54) is 28.4 Å². The number of anilines is 3. The zero-order valence-electron chi connectivity index (χ0n) is 56.4. The number of thiazole rings is 1. The van der Waals surface area contributed by atoms with E-state index in [0.717, 1.165) is 83.4 Å². The molecule has 4 bridgehead atoms. The van der Waals surface area contributed by atoms with Crippen LogP contribution in [0.5, 0.6) is 0 Å². The average molecular weight is 1360 g/mol. The Morgan fingerprint density at radius 3 is 2.28 bits per heavy atom. The summed E-state index contributed by atoms with van der Waals surface area (Å²) in [5.74, 6) is -3.69. The minimum absolute atomic E-state index is 0.00580. The highest BCUT2D eigenvalue weighted by molar-refractivity contribution is 7.22. The number of carbonyl (C=O) groups is 9. The van der Waals surface area contributed by atoms with Gasteiger partial charge in [-0.2, -0.15) is 5.10 Å². The first-order valence-corrected chi connectivity index (χ1v) is 34.5. The number of para-hydroxylation sites is 1. The quantitative estimate of drug-likeness (QED) is 0.0177. The van der Waals surface area contributed by atoms with Gasteiger partial charge in [-0.05, 0) is 160 Å². The van der Waals surface area contributed by atoms with E-state index in [2.05, 4.69) is 45.4 Å². The van der Waals surface area contributed by atoms with Crippen LogP contribution in [0.4, 0.5) is 30.9 Å². The lowest BCUT2D eigenvalue weighted by atomic mass is 9.39. The number of pyridine rings is 1. The van der Waals surface area contributed by atoms with E-state index in [1.54, 1.807) is 62.3 Å². The third-order valence-corrected chi connectivity index (χ3v) is 20.6. The molecule has 6 aliphatic rings. The summed E-state index contributed by atoms with van der Waals surface area (Å²) in [6.45, 7) is 12.3. The van der Waals surface area contributed by atoms with Crippen molar-refractivity contribution in [2.45, 2.75) is 155 Å². The van der Waals surface area contributed by atoms with Gasteiger partial charge in [0, 0.05) is 92.1 Å². The second-order valence-electron chi connectivity index (χ2n) is 28.3. The van der Waals surface area contributed by atoms with Crippen molar-refractivity contribution in [3.63, 3.8) is 0 Å². The summed E-state index contributed by atoms with van der Waals surface area (Å²) >= 11 is 1.41. The molecule has 12 rings (SSSR count). The Morgan fingerprint density at radius 1 is 0.816 bits per heavy atom. The van der Waals surface area contributed by atoms with Gasteiger partial charge in [-0.25, -0.2) is 29.1 Å². The van der Waals surface area contributed by atoms with Crippen LogP contribution in [-0.4, -0.2) is 146 Å². The molecule has 518 valence electrons. The molecule has 25 nitrogen and oxygen atoms in total. The first-order chi connectivity index (χ1) is 46.8. The topological polar surface area (TPSA) is 332 Å². The van der Waals surface area contributed by atoms with Gasteiger partial charge in [0.2, 0.25) is 17.7 Å². The number of carboxylic acid groups (broad SMARTS) is 1. The molecule has 4 saturated carbocycles. The summed E-state index contributed by atoms with van der Waals surface area (Å²) in [5, 5.41) is 30.1. The van der Waals surface area contributed by atoms with Gasteiger partial charge in [-0.1, -0.05) is 81.9 Å². The lowest BCUT2D eigenvalue weighted by molar-refractivity contribution is -0.248. The number of likely N-dealkylation sites (N-methyl/N-ethyl adjacent to an activating group) is 1. The number of aromatic carboxylic acids is 1. The van der Waals surface area contributed by atoms with Crippen molar-refractivity contribution in [2.75, 3.05) is 55.4 Å². The Hall–Kier alpha value is -9.56. The molecule has 26 heteroatoms. The number of aryl methyl sites for hydroxylation is 1. The van der Waals surface area contributed by atoms with Crippen molar-refractivity contribution in [1.82, 2.24) is 45.5 Å². The van der Waals surface area contributed by atoms with Crippen LogP contribution in [0.1, 0.15) is 138 Å². The molecule has 0 radical (unpaired) electrons. The number of unbranched alkanes of at least 4 members (excludes halogenated alkanes) is 2. The SMILES string of the molecule is Cc1c(-c2ccc(-c3ccc4c(c3)N(C(=O)Nc3nc5ccccc5s3)CCC4)nc2C(=O)O)cnn1CC12CC3(C)CC(C)(C1)CC(OCCN(C)C(=O)OCc1ccc(NC(=O)[C@H](CCCNC(N)=O)NC(=O)[C@@H](NC(=O)CCCCCN4C(=O)C=CC4=O)C(C)C)cc1)(C3)C2. The number of rotatable bonds is 28. The number of imide groups is 1. The molecule has 0 spiro atoms. The van der Waals surface area contributed by atoms with Crippen molar-refractivity contribution in [1.29, 1.82) is 0 Å². The number of hydrogen-bond acceptors (Lipinski definition) is 15. The van der Waals surface area contributed by atoms with Crippen molar-refractivity contribution in [3.05, 3.63) is 120 Å². The van der Waals surface area contributed by atoms with Crippen molar-refractivity contribution < 1.29 is 57.7 Å². The Kier molecular flexibility index (Phi) is 20.8. The molecule has 4 fully saturated rings. The summed E-state index contributed by atoms with van der Waals surface area (Å²) in [5.41, 5.74) is 11.3. The highest BCUT2D eigenvalue weighted by Gasteiger charge is 2.66. The summed E-state index contributed by atoms with van der Waals surface area (Å²) < 4.78 is 15.7. The predicted octanol–water partition coefficient (Wildman–Crippen LogP) is 10.1. The summed E-state index contributed by atoms with van der Waals surface area (Å²) in [4.78, 5) is 130. The Bertz CT molecular complexity index is 4020. The second kappa shape index (κ2) is 29.3. The van der Waals surface area contributed by atoms with Crippen molar-refractivity contribution >= 4 is 91.7 Å². The number of fused-ring (bicyclic) bond motifs is 2. The predicted molar refractivity (Wildman–Crippen MR) is 370 cm³/mol. The van der Waals surface area contributed by atoms with Crippen LogP contribution in [0.3, 0.4) is 0 Å². The second-order valence-corrected chi connectivity index (χ2v) is 29.4. The number of ether oxygens (including phenoxy) is 2. The van der Waals surface area contributed by atoms with Gasteiger partial charge in [-0.15, -0.1) is 0 Å². The molecule has 5 heterocycles. The highest BCUT2D eigenvalue weighted by atomic mass is 32.1. The molecule has 8 N–H and O–H groups in total. The summed E-state index contributed by atoms with van der Waals surface area (Å²) in [7, 11) is 1.67. The van der Waals surface area contributed by atoms with Crippen molar-refractivity contribution in [3.8, 4) is 22.4 Å². The number of nitrogens with zero attached hydrogens (tertiary/aromatic N) is 7. The van der Waals surface area contributed by atoms with Gasteiger partial charge < -0.3 is 46.5 Å². The first kappa shape index (κ1) is 69.8. The van der Waals surface area contributed by atoms with E-state index < -0.39 is 47.6 Å². The minimum Gasteiger partial charge on any atom is -0.476 e. The molecule has 3 aromatic heterocycles. The van der Waals surface area contributed by atoms with Gasteiger partial charge in [0.15, 0.2) is 10.8 Å². The summed E-state index contributed by atoms with van der Waals surface area (Å²) in [6, 6.07) is 20.9. The van der Waals surface area contributed by atoms with E-state index in [0.29, 0.717) is 84.1 Å². The third-order valence-electron chi connectivity index (χ3n) is 19.7. The zero-order chi connectivity index (χ0) is 69.7. The number of aromatic nitrogens is 4. The van der Waals surface area contributed by atoms with Gasteiger partial charge in [0.05, 0.1) is 34.3 Å². The number of carbonyl (C=O) groups excluding carboxylic acids is 8. The number of nitrogens with two attached hydrogens (primary N) is 1. The maximum absolute atomic E-state index is 13.8. The van der Waals surface area contributed by atoms with Gasteiger partial charge in [-0.3, -0.25) is 43.8 Å². The maximum atomic E-state index is 13.8. The Balaban J connectivity index is 0.669. The molecular weight excluding hydrogens is 1270 g/mol. The van der Waals surface area contributed by atoms with E-state index in [4.69, 9.17) is 25.3 Å². The molecular formula is C72H87N13O12S. The number of carboxylic acids is 1. The summed E-state index contributed by atoms with van der Waals surface area (Å²) in [6.07, 6.45) is 13.0. The molecule has 2 unspecified atom stereocenters. The first-order valence-electron chi connectivity index (χ1n) is 33.7. The number of amides is 10. The minimum atomic E-state index is -1.17. The molecule has 4 aliphatic carbocycles. The van der Waals surface area contributed by atoms with Crippen LogP contribution < -0.4 is 37.2 Å². The number of nitrogens with one attached hydrogen (secondary N) is 5. The van der Waals surface area contributed by atoms with Crippen LogP contribution >= 0.6 is 11.3 Å². The molecule has 10 amide bonds. The van der Waals surface area contributed by atoms with Gasteiger partial charge in [0.1, 0.15) is 18.7 Å². The fourth-order valence-electron chi connectivity index (χ4n) is 16.2. The fourth-order valence-corrected chi connectivity index (χ4v) is 17.1. The standard InChI is InChI=1S/C72H87N13O12S/c1-44(2)60(80-57(86)18-8-7-11-30-84-58(87)27-28-59(84)88)63(90)78-54(16-12-29-74-65(73)93)62(89)76-49-23-19-46(20-24-49)36-96-68(95)82(6)32-33-97-72-40-69(4)37-70(5,41-72)39-71(38-69,42-72)43-85-45(3)51(35-75-85)50-25-26-52(77-61(50)64(91)92)48-22-21-47-14-13-31-83(55(47)34-48)67(94)81-66-79-53-15-9-10-17-56(53)98-66/h9-10,15,17,19-28,34-35,44,54,60H,7-8,11-14,16,18,29-33,36-43H2,1-6H3,(H,76,89)(H,78,90)(H,80,86)(H,91,92)(H3,73,74,93)(H,79,81,94)/t54-,60-,69?,70?,71?,72?/m0/s1. The molecule has 4 atom stereocenters. The number of hydrogen-bond donors (Lipinski definition) is 7. The Labute approximate surface area is 573 Å². The Morgan fingerprint density at radius 2 is 1.56 bits per heavy atom. The largest absolute Gasteiger partial charge is 0.476 e. The van der Waals surface area contributed by atoms with Gasteiger partial charge >= 0.3 is 24.1 Å².